The third-order valence-corrected chi connectivity index (χ3v) is 6.56. The van der Waals surface area contributed by atoms with Crippen LogP contribution in [0.25, 0.3) is 11.0 Å². The predicted octanol–water partition coefficient (Wildman–Crippen LogP) is 3.80. The number of para-hydroxylation sites is 1. The van der Waals surface area contributed by atoms with Crippen molar-refractivity contribution in [2.24, 2.45) is 0 Å². The Bertz CT molecular complexity index is 1040. The number of hydrogen-bond donors (Lipinski definition) is 0. The average Bonchev–Trinajstić information content (AvgIpc) is 3.02. The summed E-state index contributed by atoms with van der Waals surface area (Å²) in [6.07, 6.45) is 0. The summed E-state index contributed by atoms with van der Waals surface area (Å²) in [7, 11) is -0.838. The van der Waals surface area contributed by atoms with Crippen molar-refractivity contribution in [1.82, 2.24) is 4.31 Å². The Morgan fingerprint density at radius 3 is 2.58 bits per heavy atom. The highest BCUT2D eigenvalue weighted by atomic mass is 79.9. The van der Waals surface area contributed by atoms with Crippen LogP contribution >= 0.6 is 15.9 Å². The van der Waals surface area contributed by atoms with E-state index in [2.05, 4.69) is 15.9 Å². The van der Waals surface area contributed by atoms with Gasteiger partial charge in [0.25, 0.3) is 0 Å². The van der Waals surface area contributed by atoms with E-state index in [0.29, 0.717) is 15.8 Å². The van der Waals surface area contributed by atoms with E-state index < -0.39 is 16.0 Å². The molecular formula is C18H16BrNO5S. The largest absolute Gasteiger partial charge is 0.457 e. The molecule has 3 aromatic rings. The Kier molecular flexibility index (Phi) is 5.17. The van der Waals surface area contributed by atoms with Gasteiger partial charge in [-0.05, 0) is 46.3 Å². The third kappa shape index (κ3) is 3.67. The molecule has 0 radical (unpaired) electrons. The average molecular weight is 438 g/mol. The van der Waals surface area contributed by atoms with Crippen LogP contribution in [0.1, 0.15) is 16.1 Å². The van der Waals surface area contributed by atoms with Crippen LogP contribution < -0.4 is 0 Å². The minimum Gasteiger partial charge on any atom is -0.457 e. The van der Waals surface area contributed by atoms with Gasteiger partial charge in [0.1, 0.15) is 18.0 Å². The molecule has 26 heavy (non-hydrogen) atoms. The van der Waals surface area contributed by atoms with Gasteiger partial charge in [-0.15, -0.1) is 0 Å². The Morgan fingerprint density at radius 1 is 1.15 bits per heavy atom. The number of fused-ring (bicyclic) bond motifs is 1. The van der Waals surface area contributed by atoms with Crippen molar-refractivity contribution in [1.29, 1.82) is 0 Å². The highest BCUT2D eigenvalue weighted by Gasteiger charge is 2.22. The molecule has 0 aliphatic rings. The molecule has 0 N–H and O–H groups in total. The molecule has 1 aromatic heterocycles. The van der Waals surface area contributed by atoms with Crippen molar-refractivity contribution < 1.29 is 22.4 Å². The van der Waals surface area contributed by atoms with Crippen molar-refractivity contribution in [2.75, 3.05) is 14.1 Å². The first kappa shape index (κ1) is 18.6. The number of ether oxygens (including phenoxy) is 1. The fourth-order valence-corrected chi connectivity index (χ4v) is 4.20. The standard InChI is InChI=1S/C18H16BrNO5S/c1-20(2)26(22,23)17-10-13(7-8-15(17)19)18(21)24-11-14-9-12-5-3-4-6-16(12)25-14/h3-10H,11H2,1-2H3. The molecule has 0 spiro atoms. The van der Waals surface area contributed by atoms with Crippen LogP contribution in [-0.2, 0) is 21.4 Å². The van der Waals surface area contributed by atoms with E-state index in [1.807, 2.05) is 24.3 Å². The SMILES string of the molecule is CN(C)S(=O)(=O)c1cc(C(=O)OCc2cc3ccccc3o2)ccc1Br. The predicted molar refractivity (Wildman–Crippen MR) is 100 cm³/mol. The zero-order chi connectivity index (χ0) is 18.9. The van der Waals surface area contributed by atoms with Gasteiger partial charge in [0.2, 0.25) is 10.0 Å². The summed E-state index contributed by atoms with van der Waals surface area (Å²) >= 11 is 3.21. The van der Waals surface area contributed by atoms with E-state index in [-0.39, 0.29) is 17.1 Å². The van der Waals surface area contributed by atoms with Gasteiger partial charge in [-0.2, -0.15) is 0 Å². The van der Waals surface area contributed by atoms with Gasteiger partial charge >= 0.3 is 5.97 Å². The number of sulfonamides is 1. The minimum atomic E-state index is -3.69. The van der Waals surface area contributed by atoms with Crippen LogP contribution in [0.15, 0.2) is 62.3 Å². The second-order valence-electron chi connectivity index (χ2n) is 5.76. The van der Waals surface area contributed by atoms with Crippen LogP contribution in [0.3, 0.4) is 0 Å². The number of carbonyl (C=O) groups excluding carboxylic acids is 1. The summed E-state index contributed by atoms with van der Waals surface area (Å²) in [5, 5.41) is 0.918. The summed E-state index contributed by atoms with van der Waals surface area (Å²) < 4.78 is 37.0. The van der Waals surface area contributed by atoms with Crippen molar-refractivity contribution in [3.8, 4) is 0 Å². The second-order valence-corrected chi connectivity index (χ2v) is 8.73. The van der Waals surface area contributed by atoms with E-state index in [4.69, 9.17) is 9.15 Å². The highest BCUT2D eigenvalue weighted by molar-refractivity contribution is 9.10. The molecule has 6 nitrogen and oxygen atoms in total. The third-order valence-electron chi connectivity index (χ3n) is 3.75. The molecule has 0 bridgehead atoms. The van der Waals surface area contributed by atoms with Gasteiger partial charge in [-0.1, -0.05) is 18.2 Å². The van der Waals surface area contributed by atoms with Crippen molar-refractivity contribution >= 4 is 42.9 Å². The van der Waals surface area contributed by atoms with Crippen LogP contribution in [0.2, 0.25) is 0 Å². The monoisotopic (exact) mass is 437 g/mol. The fourth-order valence-electron chi connectivity index (χ4n) is 2.35. The normalized spacial score (nSPS) is 11.8. The van der Waals surface area contributed by atoms with E-state index in [0.717, 1.165) is 9.69 Å². The maximum atomic E-state index is 12.3. The van der Waals surface area contributed by atoms with Crippen molar-refractivity contribution in [3.05, 3.63) is 64.3 Å². The lowest BCUT2D eigenvalue weighted by Crippen LogP contribution is -2.23. The molecule has 1 heterocycles. The van der Waals surface area contributed by atoms with Crippen molar-refractivity contribution in [3.63, 3.8) is 0 Å². The van der Waals surface area contributed by atoms with E-state index in [1.54, 1.807) is 6.07 Å². The van der Waals surface area contributed by atoms with E-state index in [1.165, 1.54) is 32.3 Å². The Hall–Kier alpha value is -2.16. The van der Waals surface area contributed by atoms with E-state index in [9.17, 15) is 13.2 Å². The van der Waals surface area contributed by atoms with E-state index >= 15 is 0 Å². The lowest BCUT2D eigenvalue weighted by atomic mass is 10.2. The molecular weight excluding hydrogens is 422 g/mol. The summed E-state index contributed by atoms with van der Waals surface area (Å²) in [5.74, 6) is -0.119. The molecule has 0 atom stereocenters. The first-order valence-corrected chi connectivity index (χ1v) is 9.89. The van der Waals surface area contributed by atoms with Gasteiger partial charge in [0.05, 0.1) is 10.5 Å². The number of rotatable bonds is 5. The van der Waals surface area contributed by atoms with Gasteiger partial charge in [-0.25, -0.2) is 17.5 Å². The lowest BCUT2D eigenvalue weighted by molar-refractivity contribution is 0.0447. The summed E-state index contributed by atoms with van der Waals surface area (Å²) in [6.45, 7) is -0.0423. The minimum absolute atomic E-state index is 0.000636. The number of esters is 1. The summed E-state index contributed by atoms with van der Waals surface area (Å²) in [4.78, 5) is 12.3. The highest BCUT2D eigenvalue weighted by Crippen LogP contribution is 2.26. The number of carbonyl (C=O) groups is 1. The Morgan fingerprint density at radius 2 is 1.88 bits per heavy atom. The molecule has 3 rings (SSSR count). The van der Waals surface area contributed by atoms with Crippen LogP contribution in [0, 0.1) is 0 Å². The number of hydrogen-bond acceptors (Lipinski definition) is 5. The number of nitrogens with zero attached hydrogens (tertiary/aromatic N) is 1. The smallest absolute Gasteiger partial charge is 0.338 e. The summed E-state index contributed by atoms with van der Waals surface area (Å²) in [6, 6.07) is 13.6. The molecule has 0 aliphatic carbocycles. The van der Waals surface area contributed by atoms with Crippen LogP contribution in [-0.4, -0.2) is 32.8 Å². The van der Waals surface area contributed by atoms with Gasteiger partial charge in [0, 0.05) is 24.0 Å². The lowest BCUT2D eigenvalue weighted by Gasteiger charge is -2.13. The first-order valence-electron chi connectivity index (χ1n) is 7.65. The maximum Gasteiger partial charge on any atom is 0.338 e. The molecule has 136 valence electrons. The van der Waals surface area contributed by atoms with Gasteiger partial charge < -0.3 is 9.15 Å². The molecule has 8 heteroatoms. The van der Waals surface area contributed by atoms with Crippen LogP contribution in [0.5, 0.6) is 0 Å². The van der Waals surface area contributed by atoms with Crippen molar-refractivity contribution in [2.45, 2.75) is 11.5 Å². The Labute approximate surface area is 159 Å². The fraction of sp³-hybridized carbons (Fsp3) is 0.167. The van der Waals surface area contributed by atoms with Gasteiger partial charge in [0.15, 0.2) is 0 Å². The molecule has 0 saturated carbocycles. The molecule has 0 aliphatic heterocycles. The Balaban J connectivity index is 1.79. The topological polar surface area (TPSA) is 76.8 Å². The quantitative estimate of drug-likeness (QED) is 0.567. The van der Waals surface area contributed by atoms with Gasteiger partial charge in [-0.3, -0.25) is 0 Å². The molecule has 0 fully saturated rings. The zero-order valence-corrected chi connectivity index (χ0v) is 16.5. The second kappa shape index (κ2) is 7.22. The number of furan rings is 1. The molecule has 0 amide bonds. The number of benzene rings is 2. The zero-order valence-electron chi connectivity index (χ0n) is 14.1. The van der Waals surface area contributed by atoms with Crippen LogP contribution in [0.4, 0.5) is 0 Å². The first-order chi connectivity index (χ1) is 12.3. The molecule has 2 aromatic carbocycles. The number of halogens is 1. The maximum absolute atomic E-state index is 12.3. The molecule has 0 unspecified atom stereocenters. The molecule has 0 saturated heterocycles. The summed E-state index contributed by atoms with van der Waals surface area (Å²) in [5.41, 5.74) is 0.853.